The summed E-state index contributed by atoms with van der Waals surface area (Å²) in [6, 6.07) is 13.2. The van der Waals surface area contributed by atoms with E-state index in [4.69, 9.17) is 4.98 Å². The Balaban J connectivity index is 1.50. The second-order valence-electron chi connectivity index (χ2n) is 10.4. The van der Waals surface area contributed by atoms with Crippen LogP contribution in [0.5, 0.6) is 0 Å². The molecule has 1 fully saturated rings. The van der Waals surface area contributed by atoms with Crippen LogP contribution in [0.15, 0.2) is 84.3 Å². The molecule has 0 unspecified atom stereocenters. The second kappa shape index (κ2) is 11.6. The number of benzene rings is 2. The van der Waals surface area contributed by atoms with Gasteiger partial charge in [-0.1, -0.05) is 24.8 Å². The van der Waals surface area contributed by atoms with Gasteiger partial charge in [-0.25, -0.2) is 0 Å². The fraction of sp³-hybridized carbons (Fsp3) is 0.312. The second-order valence-corrected chi connectivity index (χ2v) is 10.4. The number of nitrogens with one attached hydrogen (secondary N) is 2. The van der Waals surface area contributed by atoms with Crippen molar-refractivity contribution in [3.8, 4) is 11.1 Å². The number of aromatic nitrogens is 3. The molecule has 2 heterocycles. The summed E-state index contributed by atoms with van der Waals surface area (Å²) in [5.74, 6) is 0.420. The van der Waals surface area contributed by atoms with Crippen LogP contribution in [0.25, 0.3) is 33.1 Å². The molecule has 1 aliphatic rings. The van der Waals surface area contributed by atoms with E-state index in [2.05, 4.69) is 81.4 Å². The molecular weight excluding hydrogens is 484 g/mol. The van der Waals surface area contributed by atoms with Crippen LogP contribution in [-0.2, 0) is 11.8 Å². The zero-order valence-electron chi connectivity index (χ0n) is 22.9. The van der Waals surface area contributed by atoms with Gasteiger partial charge in [0.1, 0.15) is 0 Å². The van der Waals surface area contributed by atoms with Gasteiger partial charge in [-0.05, 0) is 78.5 Å². The van der Waals surface area contributed by atoms with E-state index in [1.54, 1.807) is 32.6 Å². The first-order valence-electron chi connectivity index (χ1n) is 13.5. The number of rotatable bonds is 8. The van der Waals surface area contributed by atoms with Gasteiger partial charge in [0.25, 0.3) is 0 Å². The van der Waals surface area contributed by atoms with Gasteiger partial charge >= 0.3 is 0 Å². The topological polar surface area (TPSA) is 84.2 Å². The highest BCUT2D eigenvalue weighted by Gasteiger charge is 2.29. The number of nitrogens with zero attached hydrogens (tertiary/aromatic N) is 4. The molecule has 7 nitrogen and oxygen atoms in total. The molecule has 0 aliphatic heterocycles. The Morgan fingerprint density at radius 3 is 2.69 bits per heavy atom. The first kappa shape index (κ1) is 26.4. The van der Waals surface area contributed by atoms with Crippen molar-refractivity contribution in [1.29, 1.82) is 0 Å². The van der Waals surface area contributed by atoms with Gasteiger partial charge in [0, 0.05) is 68.6 Å². The van der Waals surface area contributed by atoms with E-state index in [1.165, 1.54) is 10.9 Å². The maximum atomic E-state index is 11.6. The van der Waals surface area contributed by atoms with E-state index >= 15 is 0 Å². The van der Waals surface area contributed by atoms with Crippen LogP contribution in [0, 0.1) is 5.92 Å². The third-order valence-electron chi connectivity index (χ3n) is 7.69. The summed E-state index contributed by atoms with van der Waals surface area (Å²) >= 11 is 0. The number of amides is 1. The van der Waals surface area contributed by atoms with Crippen molar-refractivity contribution < 1.29 is 4.79 Å². The Bertz CT molecular complexity index is 1560. The van der Waals surface area contributed by atoms with E-state index in [9.17, 15) is 4.79 Å². The SMILES string of the molecule is C=C(/C=C\C=NC)[C@@H](Nc1cc(-c2ccc3ccn(C)c3c2)c2nccnc2c1)C1CCC(NC(C)=O)CC1. The Labute approximate surface area is 229 Å². The highest BCUT2D eigenvalue weighted by Crippen LogP contribution is 2.35. The predicted molar refractivity (Wildman–Crippen MR) is 161 cm³/mol. The van der Waals surface area contributed by atoms with Crippen molar-refractivity contribution in [2.24, 2.45) is 18.0 Å². The van der Waals surface area contributed by atoms with Crippen LogP contribution in [0.1, 0.15) is 32.6 Å². The predicted octanol–water partition coefficient (Wildman–Crippen LogP) is 6.08. The molecule has 2 aromatic carbocycles. The maximum absolute atomic E-state index is 11.6. The lowest BCUT2D eigenvalue weighted by molar-refractivity contribution is -0.119. The summed E-state index contributed by atoms with van der Waals surface area (Å²) < 4.78 is 2.14. The third-order valence-corrected chi connectivity index (χ3v) is 7.69. The van der Waals surface area contributed by atoms with Crippen molar-refractivity contribution in [3.05, 3.63) is 79.3 Å². The molecule has 0 saturated heterocycles. The number of aliphatic imine (C=N–C) groups is 1. The summed E-state index contributed by atoms with van der Waals surface area (Å²) in [4.78, 5) is 25.0. The van der Waals surface area contributed by atoms with Crippen LogP contribution < -0.4 is 10.6 Å². The molecule has 200 valence electrons. The summed E-state index contributed by atoms with van der Waals surface area (Å²) in [7, 11) is 3.83. The largest absolute Gasteiger partial charge is 0.378 e. The summed E-state index contributed by atoms with van der Waals surface area (Å²) in [5.41, 5.74) is 7.02. The number of aryl methyl sites for hydroxylation is 1. The lowest BCUT2D eigenvalue weighted by Gasteiger charge is -2.35. The zero-order chi connectivity index (χ0) is 27.4. The van der Waals surface area contributed by atoms with E-state index < -0.39 is 0 Å². The summed E-state index contributed by atoms with van der Waals surface area (Å²) in [6.07, 6.45) is 15.2. The molecule has 1 atom stereocenters. The van der Waals surface area contributed by atoms with E-state index in [-0.39, 0.29) is 18.0 Å². The number of carbonyl (C=O) groups excluding carboxylic acids is 1. The molecule has 0 spiro atoms. The van der Waals surface area contributed by atoms with Gasteiger partial charge in [0.15, 0.2) is 0 Å². The van der Waals surface area contributed by atoms with Crippen LogP contribution in [0.4, 0.5) is 5.69 Å². The number of carbonyl (C=O) groups is 1. The number of allylic oxidation sites excluding steroid dienone is 1. The monoisotopic (exact) mass is 520 g/mol. The minimum absolute atomic E-state index is 0.0297. The Morgan fingerprint density at radius 2 is 1.92 bits per heavy atom. The molecule has 1 aliphatic carbocycles. The quantitative estimate of drug-likeness (QED) is 0.218. The molecule has 4 aromatic rings. The number of anilines is 1. The molecule has 5 rings (SSSR count). The van der Waals surface area contributed by atoms with Crippen molar-refractivity contribution in [2.75, 3.05) is 12.4 Å². The van der Waals surface area contributed by atoms with E-state index in [0.717, 1.165) is 59.1 Å². The zero-order valence-corrected chi connectivity index (χ0v) is 22.9. The van der Waals surface area contributed by atoms with Gasteiger partial charge in [-0.15, -0.1) is 0 Å². The Morgan fingerprint density at radius 1 is 1.13 bits per heavy atom. The van der Waals surface area contributed by atoms with Gasteiger partial charge in [-0.2, -0.15) is 0 Å². The summed E-state index contributed by atoms with van der Waals surface area (Å²) in [6.45, 7) is 6.03. The smallest absolute Gasteiger partial charge is 0.217 e. The maximum Gasteiger partial charge on any atom is 0.217 e. The van der Waals surface area contributed by atoms with Crippen LogP contribution in [0.2, 0.25) is 0 Å². The number of hydrogen-bond donors (Lipinski definition) is 2. The molecule has 2 aromatic heterocycles. The third kappa shape index (κ3) is 5.93. The first-order valence-corrected chi connectivity index (χ1v) is 13.5. The number of fused-ring (bicyclic) bond motifs is 2. The molecule has 0 bridgehead atoms. The summed E-state index contributed by atoms with van der Waals surface area (Å²) in [5, 5.41) is 8.12. The molecule has 1 amide bonds. The number of hydrogen-bond acceptors (Lipinski definition) is 5. The fourth-order valence-corrected chi connectivity index (χ4v) is 5.74. The van der Waals surface area contributed by atoms with Gasteiger partial charge < -0.3 is 15.2 Å². The normalized spacial score (nSPS) is 18.6. The first-order chi connectivity index (χ1) is 18.9. The molecule has 1 saturated carbocycles. The Hall–Kier alpha value is -4.26. The average molecular weight is 521 g/mol. The van der Waals surface area contributed by atoms with E-state index in [1.807, 2.05) is 12.2 Å². The van der Waals surface area contributed by atoms with Crippen molar-refractivity contribution in [2.45, 2.75) is 44.7 Å². The molecule has 2 N–H and O–H groups in total. The van der Waals surface area contributed by atoms with Crippen molar-refractivity contribution in [1.82, 2.24) is 19.9 Å². The van der Waals surface area contributed by atoms with Crippen molar-refractivity contribution in [3.63, 3.8) is 0 Å². The van der Waals surface area contributed by atoms with Crippen molar-refractivity contribution >= 4 is 39.7 Å². The highest BCUT2D eigenvalue weighted by atomic mass is 16.1. The Kier molecular flexibility index (Phi) is 7.87. The van der Waals surface area contributed by atoms with E-state index in [0.29, 0.717) is 5.92 Å². The minimum atomic E-state index is 0.0297. The van der Waals surface area contributed by atoms with Gasteiger partial charge in [0.2, 0.25) is 5.91 Å². The van der Waals surface area contributed by atoms with Crippen LogP contribution in [-0.4, -0.2) is 45.8 Å². The molecular formula is C32H36N6O. The lowest BCUT2D eigenvalue weighted by Crippen LogP contribution is -2.40. The molecule has 0 radical (unpaired) electrons. The van der Waals surface area contributed by atoms with Gasteiger partial charge in [-0.3, -0.25) is 19.8 Å². The fourth-order valence-electron chi connectivity index (χ4n) is 5.74. The standard InChI is InChI=1S/C32H36N6O/c1-21(6-5-14-33-3)31(24-9-11-26(12-10-24)36-22(2)39)37-27-19-28(32-29(20-27)34-15-16-35-32)25-8-7-23-13-17-38(4)30(23)18-25/h5-8,13-20,24,26,31,37H,1,9-12H2,2-4H3,(H,36,39)/b6-5-,33-14?/t24?,26?,31-/m1/s1. The lowest BCUT2D eigenvalue weighted by atomic mass is 9.79. The van der Waals surface area contributed by atoms with Gasteiger partial charge in [0.05, 0.1) is 17.1 Å². The van der Waals surface area contributed by atoms with Crippen LogP contribution in [0.3, 0.4) is 0 Å². The molecule has 7 heteroatoms. The minimum Gasteiger partial charge on any atom is -0.378 e. The average Bonchev–Trinajstić information content (AvgIpc) is 3.31. The highest BCUT2D eigenvalue weighted by molar-refractivity contribution is 5.97. The van der Waals surface area contributed by atoms with Crippen LogP contribution >= 0.6 is 0 Å². The molecule has 39 heavy (non-hydrogen) atoms.